The Morgan fingerprint density at radius 3 is 2.65 bits per heavy atom. The second kappa shape index (κ2) is 7.99. The van der Waals surface area contributed by atoms with Crippen molar-refractivity contribution < 1.29 is 23.4 Å². The monoisotopic (exact) mass is 382 g/mol. The number of aliphatic carboxylic acids is 1. The summed E-state index contributed by atoms with van der Waals surface area (Å²) in [6, 6.07) is 2.49. The number of nitrogens with zero attached hydrogens (tertiary/aromatic N) is 2. The molecule has 1 aromatic heterocycles. The van der Waals surface area contributed by atoms with Crippen LogP contribution in [-0.4, -0.2) is 35.8 Å². The first-order chi connectivity index (χ1) is 12.4. The fraction of sp³-hybridized carbons (Fsp3) is 0.444. The molecule has 1 saturated carbocycles. The molecule has 1 aromatic carbocycles. The normalized spacial score (nSPS) is 14.1. The first kappa shape index (κ1) is 18.6. The molecule has 1 fully saturated rings. The Morgan fingerprint density at radius 1 is 1.38 bits per heavy atom. The molecule has 1 N–H and O–H groups in total. The minimum absolute atomic E-state index is 0.0474. The lowest BCUT2D eigenvalue weighted by Crippen LogP contribution is -2.24. The van der Waals surface area contributed by atoms with Crippen molar-refractivity contribution in [3.8, 4) is 16.5 Å². The highest BCUT2D eigenvalue weighted by atomic mass is 32.1. The Balaban J connectivity index is 1.73. The van der Waals surface area contributed by atoms with Gasteiger partial charge in [-0.05, 0) is 37.8 Å². The van der Waals surface area contributed by atoms with Crippen LogP contribution in [0.5, 0.6) is 5.19 Å². The molecule has 2 aromatic rings. The van der Waals surface area contributed by atoms with Crippen LogP contribution in [0.15, 0.2) is 17.5 Å². The SMILES string of the molecule is CN(CCCC(=O)O)c1c(F)cc(-c2csc(OC3CCC3)n2)cc1F. The summed E-state index contributed by atoms with van der Waals surface area (Å²) in [7, 11) is 1.54. The van der Waals surface area contributed by atoms with Crippen LogP contribution < -0.4 is 9.64 Å². The summed E-state index contributed by atoms with van der Waals surface area (Å²) in [5, 5.41) is 10.9. The third kappa shape index (κ3) is 4.30. The third-order valence-electron chi connectivity index (χ3n) is 4.38. The first-order valence-electron chi connectivity index (χ1n) is 8.48. The average Bonchev–Trinajstić information content (AvgIpc) is 2.98. The van der Waals surface area contributed by atoms with Crippen molar-refractivity contribution in [3.63, 3.8) is 0 Å². The van der Waals surface area contributed by atoms with Crippen molar-refractivity contribution in [2.24, 2.45) is 0 Å². The molecule has 0 atom stereocenters. The standard InChI is InChI=1S/C18H20F2N2O3S/c1-22(7-3-6-16(23)24)17-13(19)8-11(9-14(17)20)15-10-26-18(21-15)25-12-4-2-5-12/h8-10,12H,2-7H2,1H3,(H,23,24). The molecular weight excluding hydrogens is 362 g/mol. The summed E-state index contributed by atoms with van der Waals surface area (Å²) in [6.45, 7) is 0.246. The van der Waals surface area contributed by atoms with Gasteiger partial charge in [0.15, 0.2) is 0 Å². The molecule has 0 saturated heterocycles. The number of carboxylic acids is 1. The highest BCUT2D eigenvalue weighted by Crippen LogP contribution is 2.33. The number of benzene rings is 1. The zero-order valence-electron chi connectivity index (χ0n) is 14.4. The molecule has 0 bridgehead atoms. The molecule has 0 amide bonds. The lowest BCUT2D eigenvalue weighted by Gasteiger charge is -2.24. The highest BCUT2D eigenvalue weighted by Gasteiger charge is 2.21. The molecule has 3 rings (SSSR count). The van der Waals surface area contributed by atoms with E-state index >= 15 is 0 Å². The number of carboxylic acid groups (broad SMARTS) is 1. The van der Waals surface area contributed by atoms with Crippen molar-refractivity contribution in [1.82, 2.24) is 4.98 Å². The minimum Gasteiger partial charge on any atom is -0.481 e. The first-order valence-corrected chi connectivity index (χ1v) is 9.36. The van der Waals surface area contributed by atoms with Crippen LogP contribution in [0, 0.1) is 11.6 Å². The number of carbonyl (C=O) groups is 1. The zero-order valence-corrected chi connectivity index (χ0v) is 15.2. The van der Waals surface area contributed by atoms with E-state index in [9.17, 15) is 13.6 Å². The van der Waals surface area contributed by atoms with Gasteiger partial charge in [0.25, 0.3) is 5.19 Å². The van der Waals surface area contributed by atoms with E-state index in [2.05, 4.69) is 4.98 Å². The van der Waals surface area contributed by atoms with Gasteiger partial charge >= 0.3 is 5.97 Å². The Kier molecular flexibility index (Phi) is 5.70. The quantitative estimate of drug-likeness (QED) is 0.737. The van der Waals surface area contributed by atoms with Crippen LogP contribution in [0.3, 0.4) is 0 Å². The molecule has 8 heteroatoms. The van der Waals surface area contributed by atoms with E-state index in [1.807, 2.05) is 0 Å². The molecule has 0 unspecified atom stereocenters. The topological polar surface area (TPSA) is 62.7 Å². The number of thiazole rings is 1. The number of halogens is 2. The summed E-state index contributed by atoms with van der Waals surface area (Å²) in [5.74, 6) is -2.34. The minimum atomic E-state index is -0.932. The highest BCUT2D eigenvalue weighted by molar-refractivity contribution is 7.11. The van der Waals surface area contributed by atoms with Gasteiger partial charge in [0.1, 0.15) is 23.4 Å². The largest absolute Gasteiger partial charge is 0.481 e. The zero-order chi connectivity index (χ0) is 18.7. The summed E-state index contributed by atoms with van der Waals surface area (Å²) in [5.41, 5.74) is 0.657. The molecule has 26 heavy (non-hydrogen) atoms. The van der Waals surface area contributed by atoms with Crippen molar-refractivity contribution in [3.05, 3.63) is 29.1 Å². The maximum absolute atomic E-state index is 14.5. The van der Waals surface area contributed by atoms with Gasteiger partial charge < -0.3 is 14.7 Å². The summed E-state index contributed by atoms with van der Waals surface area (Å²) >= 11 is 1.31. The Morgan fingerprint density at radius 2 is 2.08 bits per heavy atom. The summed E-state index contributed by atoms with van der Waals surface area (Å²) in [4.78, 5) is 16.3. The van der Waals surface area contributed by atoms with Crippen molar-refractivity contribution in [2.75, 3.05) is 18.5 Å². The lowest BCUT2D eigenvalue weighted by atomic mass is 9.96. The van der Waals surface area contributed by atoms with Gasteiger partial charge in [0.2, 0.25) is 0 Å². The molecule has 1 aliphatic carbocycles. The number of rotatable bonds is 8. The Labute approximate surface area is 154 Å². The number of anilines is 1. The maximum Gasteiger partial charge on any atom is 0.303 e. The van der Waals surface area contributed by atoms with Gasteiger partial charge in [0, 0.05) is 31.0 Å². The number of ether oxygens (including phenoxy) is 1. The lowest BCUT2D eigenvalue weighted by molar-refractivity contribution is -0.137. The average molecular weight is 382 g/mol. The van der Waals surface area contributed by atoms with E-state index in [4.69, 9.17) is 9.84 Å². The maximum atomic E-state index is 14.5. The molecule has 5 nitrogen and oxygen atoms in total. The van der Waals surface area contributed by atoms with Crippen LogP contribution in [0.1, 0.15) is 32.1 Å². The molecule has 140 valence electrons. The second-order valence-electron chi connectivity index (χ2n) is 6.38. The van der Waals surface area contributed by atoms with Gasteiger partial charge in [-0.25, -0.2) is 13.8 Å². The van der Waals surface area contributed by atoms with E-state index in [0.29, 0.717) is 22.9 Å². The van der Waals surface area contributed by atoms with Crippen LogP contribution in [0.4, 0.5) is 14.5 Å². The van der Waals surface area contributed by atoms with Crippen LogP contribution in [0.2, 0.25) is 0 Å². The molecular formula is C18H20F2N2O3S. The van der Waals surface area contributed by atoms with Gasteiger partial charge in [-0.15, -0.1) is 0 Å². The van der Waals surface area contributed by atoms with Crippen molar-refractivity contribution in [2.45, 2.75) is 38.2 Å². The van der Waals surface area contributed by atoms with Crippen molar-refractivity contribution in [1.29, 1.82) is 0 Å². The van der Waals surface area contributed by atoms with Gasteiger partial charge in [-0.3, -0.25) is 4.79 Å². The smallest absolute Gasteiger partial charge is 0.303 e. The number of aromatic nitrogens is 1. The van der Waals surface area contributed by atoms with Crippen LogP contribution in [0.25, 0.3) is 11.3 Å². The second-order valence-corrected chi connectivity index (χ2v) is 7.20. The molecule has 0 aliphatic heterocycles. The fourth-order valence-electron chi connectivity index (χ4n) is 2.73. The van der Waals surface area contributed by atoms with E-state index in [1.54, 1.807) is 5.38 Å². The predicted molar refractivity (Wildman–Crippen MR) is 95.9 cm³/mol. The molecule has 0 radical (unpaired) electrons. The summed E-state index contributed by atoms with van der Waals surface area (Å²) < 4.78 is 34.6. The van der Waals surface area contributed by atoms with Crippen molar-refractivity contribution >= 4 is 23.0 Å². The van der Waals surface area contributed by atoms with Gasteiger partial charge in [-0.2, -0.15) is 0 Å². The Hall–Kier alpha value is -2.22. The van der Waals surface area contributed by atoms with E-state index in [0.717, 1.165) is 19.3 Å². The van der Waals surface area contributed by atoms with Gasteiger partial charge in [-0.1, -0.05) is 11.3 Å². The molecule has 1 aliphatic rings. The molecule has 0 spiro atoms. The van der Waals surface area contributed by atoms with E-state index < -0.39 is 17.6 Å². The molecule has 1 heterocycles. The third-order valence-corrected chi connectivity index (χ3v) is 5.11. The number of hydrogen-bond acceptors (Lipinski definition) is 5. The predicted octanol–water partition coefficient (Wildman–Crippen LogP) is 4.32. The van der Waals surface area contributed by atoms with E-state index in [1.165, 1.54) is 35.4 Å². The van der Waals surface area contributed by atoms with Crippen LogP contribution in [-0.2, 0) is 4.79 Å². The number of hydrogen-bond donors (Lipinski definition) is 1. The summed E-state index contributed by atoms with van der Waals surface area (Å²) in [6.07, 6.45) is 3.64. The Bertz CT molecular complexity index is 769. The van der Waals surface area contributed by atoms with Crippen LogP contribution >= 0.6 is 11.3 Å². The van der Waals surface area contributed by atoms with Gasteiger partial charge in [0.05, 0.1) is 5.69 Å². The fourth-order valence-corrected chi connectivity index (χ4v) is 3.48. The van der Waals surface area contributed by atoms with E-state index in [-0.39, 0.29) is 24.8 Å².